The molecule has 0 atom stereocenters. The molecule has 0 aromatic carbocycles. The van der Waals surface area contributed by atoms with Crippen molar-refractivity contribution in [2.75, 3.05) is 0 Å². The van der Waals surface area contributed by atoms with Gasteiger partial charge in [-0.05, 0) is 18.9 Å². The Labute approximate surface area is 98.4 Å². The van der Waals surface area contributed by atoms with Crippen molar-refractivity contribution in [3.63, 3.8) is 0 Å². The zero-order valence-electron chi connectivity index (χ0n) is 8.94. The highest BCUT2D eigenvalue weighted by Crippen LogP contribution is 2.37. The second kappa shape index (κ2) is 3.87. The van der Waals surface area contributed by atoms with Crippen molar-refractivity contribution in [2.24, 2.45) is 0 Å². The summed E-state index contributed by atoms with van der Waals surface area (Å²) in [6.45, 7) is 3.81. The van der Waals surface area contributed by atoms with Crippen molar-refractivity contribution in [3.05, 3.63) is 30.4 Å². The van der Waals surface area contributed by atoms with E-state index in [9.17, 15) is 0 Å². The highest BCUT2D eigenvalue weighted by Gasteiger charge is 2.24. The lowest BCUT2D eigenvalue weighted by Crippen LogP contribution is -2.13. The molecule has 0 spiro atoms. The van der Waals surface area contributed by atoms with Gasteiger partial charge in [-0.3, -0.25) is 4.98 Å². The van der Waals surface area contributed by atoms with Gasteiger partial charge in [-0.2, -0.15) is 0 Å². The van der Waals surface area contributed by atoms with E-state index >= 15 is 0 Å². The third-order valence-corrected chi connectivity index (χ3v) is 3.91. The predicted molar refractivity (Wildman–Crippen MR) is 66.4 cm³/mol. The van der Waals surface area contributed by atoms with Gasteiger partial charge in [0.15, 0.2) is 0 Å². The molecule has 1 aliphatic rings. The summed E-state index contributed by atoms with van der Waals surface area (Å²) in [5, 5.41) is 0. The van der Waals surface area contributed by atoms with E-state index in [1.807, 2.05) is 18.5 Å². The average molecular weight is 231 g/mol. The van der Waals surface area contributed by atoms with Crippen LogP contribution in [0.2, 0.25) is 0 Å². The summed E-state index contributed by atoms with van der Waals surface area (Å²) in [5.74, 6) is 0.596. The lowest BCUT2D eigenvalue weighted by molar-refractivity contribution is 0.409. The van der Waals surface area contributed by atoms with Crippen LogP contribution in [0.4, 0.5) is 0 Å². The minimum absolute atomic E-state index is 0.596. The molecular weight excluding hydrogens is 218 g/mol. The van der Waals surface area contributed by atoms with E-state index in [1.54, 1.807) is 11.5 Å². The summed E-state index contributed by atoms with van der Waals surface area (Å²) in [4.78, 5) is 10.3. The molecule has 0 unspecified atom stereocenters. The third kappa shape index (κ3) is 1.50. The van der Waals surface area contributed by atoms with Crippen molar-refractivity contribution in [1.82, 2.24) is 14.3 Å². The fourth-order valence-corrected chi connectivity index (χ4v) is 2.35. The molecule has 2 aromatic rings. The molecule has 1 fully saturated rings. The molecule has 0 radical (unpaired) electrons. The molecule has 3 rings (SSSR count). The van der Waals surface area contributed by atoms with E-state index in [0.717, 1.165) is 17.1 Å². The smallest absolute Gasteiger partial charge is 0.102 e. The number of aromatic amines is 1. The first-order valence-corrected chi connectivity index (χ1v) is 6.32. The molecule has 82 valence electrons. The van der Waals surface area contributed by atoms with Crippen LogP contribution >= 0.6 is 11.5 Å². The molecule has 2 aromatic heterocycles. The lowest BCUT2D eigenvalue weighted by Gasteiger charge is -2.26. The summed E-state index contributed by atoms with van der Waals surface area (Å²) >= 11 is 1.60. The van der Waals surface area contributed by atoms with Crippen LogP contribution in [0.1, 0.15) is 36.6 Å². The number of aromatic nitrogens is 3. The summed E-state index contributed by atoms with van der Waals surface area (Å²) in [6.07, 6.45) is 9.40. The number of rotatable bonds is 3. The normalized spacial score (nSPS) is 16.0. The van der Waals surface area contributed by atoms with E-state index in [1.165, 1.54) is 24.1 Å². The first-order chi connectivity index (χ1) is 7.88. The highest BCUT2D eigenvalue weighted by atomic mass is 32.1. The molecule has 2 heterocycles. The van der Waals surface area contributed by atoms with E-state index in [0.29, 0.717) is 5.92 Å². The lowest BCUT2D eigenvalue weighted by atomic mass is 9.82. The van der Waals surface area contributed by atoms with Crippen LogP contribution in [0.3, 0.4) is 0 Å². The molecule has 1 aliphatic carbocycles. The summed E-state index contributed by atoms with van der Waals surface area (Å²) in [5.41, 5.74) is 3.06. The van der Waals surface area contributed by atoms with Crippen molar-refractivity contribution in [1.29, 1.82) is 0 Å². The monoisotopic (exact) mass is 231 g/mol. The van der Waals surface area contributed by atoms with Crippen LogP contribution in [-0.2, 0) is 0 Å². The van der Waals surface area contributed by atoms with Gasteiger partial charge in [0.25, 0.3) is 0 Å². The van der Waals surface area contributed by atoms with E-state index in [4.69, 9.17) is 4.98 Å². The number of H-pyrrole nitrogens is 1. The van der Waals surface area contributed by atoms with Crippen molar-refractivity contribution >= 4 is 17.6 Å². The Bertz CT molecular complexity index is 499. The maximum Gasteiger partial charge on any atom is 0.102 e. The van der Waals surface area contributed by atoms with Crippen LogP contribution in [-0.4, -0.2) is 14.3 Å². The van der Waals surface area contributed by atoms with E-state index in [2.05, 4.69) is 15.9 Å². The number of hydrogen-bond donors (Lipinski definition) is 1. The largest absolute Gasteiger partial charge is 0.316 e. The van der Waals surface area contributed by atoms with Crippen LogP contribution in [0.25, 0.3) is 16.6 Å². The Kier molecular flexibility index (Phi) is 2.36. The van der Waals surface area contributed by atoms with Crippen LogP contribution in [0, 0.1) is 0 Å². The van der Waals surface area contributed by atoms with Crippen LogP contribution in [0.15, 0.2) is 19.0 Å². The van der Waals surface area contributed by atoms with Gasteiger partial charge >= 0.3 is 0 Å². The van der Waals surface area contributed by atoms with Gasteiger partial charge in [0.2, 0.25) is 0 Å². The summed E-state index contributed by atoms with van der Waals surface area (Å²) < 4.78 is 3.03. The second-order valence-corrected chi connectivity index (χ2v) is 4.97. The van der Waals surface area contributed by atoms with Crippen molar-refractivity contribution < 1.29 is 0 Å². The van der Waals surface area contributed by atoms with Gasteiger partial charge in [-0.1, -0.05) is 24.5 Å². The number of nitrogens with zero attached hydrogens (tertiary/aromatic N) is 2. The zero-order valence-corrected chi connectivity index (χ0v) is 9.76. The molecule has 0 aliphatic heterocycles. The Morgan fingerprint density at radius 1 is 1.50 bits per heavy atom. The standard InChI is InChI=1S/C12H13N3S/c1-2-9-12(8-4-3-5-8)15-10(6-13-9)11-7-14-16-11/h2,6-8,14H,1,3-5H2. The minimum atomic E-state index is 0.596. The molecule has 3 nitrogen and oxygen atoms in total. The first kappa shape index (κ1) is 9.78. The topological polar surface area (TPSA) is 41.6 Å². The highest BCUT2D eigenvalue weighted by molar-refractivity contribution is 7.10. The number of hydrogen-bond acceptors (Lipinski definition) is 3. The maximum absolute atomic E-state index is 4.72. The summed E-state index contributed by atoms with van der Waals surface area (Å²) in [7, 11) is 0. The van der Waals surface area contributed by atoms with Crippen LogP contribution in [0.5, 0.6) is 0 Å². The number of nitrogens with one attached hydrogen (secondary N) is 1. The SMILES string of the molecule is C=Cc1ncc(-c2c[nH]s2)nc1C1CCC1. The second-order valence-electron chi connectivity index (χ2n) is 4.09. The first-order valence-electron chi connectivity index (χ1n) is 5.51. The molecule has 1 saturated carbocycles. The molecule has 1 N–H and O–H groups in total. The van der Waals surface area contributed by atoms with Gasteiger partial charge in [0, 0.05) is 12.1 Å². The fourth-order valence-electron chi connectivity index (χ4n) is 1.91. The van der Waals surface area contributed by atoms with E-state index < -0.39 is 0 Å². The Balaban J connectivity index is 2.03. The molecular formula is C12H13N3S. The Hall–Kier alpha value is -1.42. The quantitative estimate of drug-likeness (QED) is 0.879. The van der Waals surface area contributed by atoms with Gasteiger partial charge < -0.3 is 4.37 Å². The molecule has 0 bridgehead atoms. The molecule has 0 saturated heterocycles. The average Bonchev–Trinajstić information content (AvgIpc) is 2.13. The zero-order chi connectivity index (χ0) is 11.0. The van der Waals surface area contributed by atoms with E-state index in [-0.39, 0.29) is 0 Å². The third-order valence-electron chi connectivity index (χ3n) is 3.13. The molecule has 16 heavy (non-hydrogen) atoms. The Morgan fingerprint density at radius 2 is 2.31 bits per heavy atom. The van der Waals surface area contributed by atoms with Gasteiger partial charge in [-0.25, -0.2) is 4.98 Å². The Morgan fingerprint density at radius 3 is 2.81 bits per heavy atom. The molecule has 0 amide bonds. The van der Waals surface area contributed by atoms with Crippen molar-refractivity contribution in [3.8, 4) is 10.6 Å². The van der Waals surface area contributed by atoms with Crippen molar-refractivity contribution in [2.45, 2.75) is 25.2 Å². The van der Waals surface area contributed by atoms with Gasteiger partial charge in [0.05, 0.1) is 22.5 Å². The summed E-state index contributed by atoms with van der Waals surface area (Å²) in [6, 6.07) is 0. The maximum atomic E-state index is 4.72. The van der Waals surface area contributed by atoms with Crippen LogP contribution < -0.4 is 0 Å². The minimum Gasteiger partial charge on any atom is -0.316 e. The van der Waals surface area contributed by atoms with Gasteiger partial charge in [-0.15, -0.1) is 0 Å². The predicted octanol–water partition coefficient (Wildman–Crippen LogP) is 3.44. The van der Waals surface area contributed by atoms with Gasteiger partial charge in [0.1, 0.15) is 5.69 Å². The molecule has 4 heteroatoms. The fraction of sp³-hybridized carbons (Fsp3) is 0.333.